The topological polar surface area (TPSA) is 42.2 Å². The molecule has 1 unspecified atom stereocenters. The third kappa shape index (κ3) is 1.11. The van der Waals surface area contributed by atoms with Gasteiger partial charge in [0.25, 0.3) is 0 Å². The maximum absolute atomic E-state index is 11.2. The van der Waals surface area contributed by atoms with Crippen LogP contribution in [-0.4, -0.2) is 15.6 Å². The minimum Gasteiger partial charge on any atom is -0.481 e. The first-order valence-electron chi connectivity index (χ1n) is 5.48. The van der Waals surface area contributed by atoms with Crippen LogP contribution in [0.2, 0.25) is 0 Å². The van der Waals surface area contributed by atoms with Crippen LogP contribution in [0.25, 0.3) is 10.9 Å². The standard InChI is InChI=1S/C13H13NO2/c1-14-7-10-9(13(15)16)6-5-8-3-2-4-11(14)12(8)10/h2-4,7,9H,5-6H2,1H3,(H,15,16). The summed E-state index contributed by atoms with van der Waals surface area (Å²) in [7, 11) is 1.97. The van der Waals surface area contributed by atoms with Crippen molar-refractivity contribution in [2.24, 2.45) is 7.05 Å². The fraction of sp³-hybridized carbons (Fsp3) is 0.308. The van der Waals surface area contributed by atoms with Crippen LogP contribution in [-0.2, 0) is 18.3 Å². The van der Waals surface area contributed by atoms with Crippen molar-refractivity contribution < 1.29 is 9.90 Å². The number of aromatic nitrogens is 1. The maximum Gasteiger partial charge on any atom is 0.311 e. The maximum atomic E-state index is 11.2. The summed E-state index contributed by atoms with van der Waals surface area (Å²) >= 11 is 0. The van der Waals surface area contributed by atoms with Crippen LogP contribution in [0.4, 0.5) is 0 Å². The lowest BCUT2D eigenvalue weighted by molar-refractivity contribution is -0.139. The molecule has 0 fully saturated rings. The molecule has 1 heterocycles. The Bertz CT molecular complexity index is 583. The molecule has 0 saturated heterocycles. The van der Waals surface area contributed by atoms with E-state index in [0.717, 1.165) is 22.9 Å². The number of hydrogen-bond acceptors (Lipinski definition) is 1. The molecule has 0 saturated carbocycles. The Balaban J connectivity index is 2.36. The molecule has 1 aliphatic carbocycles. The molecule has 0 radical (unpaired) electrons. The third-order valence-electron chi connectivity index (χ3n) is 3.51. The van der Waals surface area contributed by atoms with E-state index < -0.39 is 5.97 Å². The highest BCUT2D eigenvalue weighted by atomic mass is 16.4. The summed E-state index contributed by atoms with van der Waals surface area (Å²) in [4.78, 5) is 11.2. The summed E-state index contributed by atoms with van der Waals surface area (Å²) < 4.78 is 2.02. The first-order chi connectivity index (χ1) is 7.68. The summed E-state index contributed by atoms with van der Waals surface area (Å²) in [6.45, 7) is 0. The molecule has 1 aromatic carbocycles. The first kappa shape index (κ1) is 9.46. The number of carbonyl (C=O) groups is 1. The molecule has 1 aliphatic rings. The van der Waals surface area contributed by atoms with E-state index in [2.05, 4.69) is 6.07 Å². The number of carboxylic acids is 1. The first-order valence-corrected chi connectivity index (χ1v) is 5.48. The largest absolute Gasteiger partial charge is 0.481 e. The summed E-state index contributed by atoms with van der Waals surface area (Å²) in [6.07, 6.45) is 3.54. The quantitative estimate of drug-likeness (QED) is 0.793. The number of hydrogen-bond donors (Lipinski definition) is 1. The molecule has 0 amide bonds. The molecule has 3 nitrogen and oxygen atoms in total. The lowest BCUT2D eigenvalue weighted by atomic mass is 9.84. The van der Waals surface area contributed by atoms with Gasteiger partial charge in [0.15, 0.2) is 0 Å². The van der Waals surface area contributed by atoms with Gasteiger partial charge in [0.05, 0.1) is 5.92 Å². The van der Waals surface area contributed by atoms with E-state index in [0.29, 0.717) is 6.42 Å². The molecule has 0 spiro atoms. The Kier molecular flexibility index (Phi) is 1.84. The average Bonchev–Trinajstić information content (AvgIpc) is 2.59. The van der Waals surface area contributed by atoms with Crippen LogP contribution in [0.1, 0.15) is 23.5 Å². The molecule has 0 aliphatic heterocycles. The molecule has 1 N–H and O–H groups in total. The number of rotatable bonds is 1. The molecule has 2 aromatic rings. The van der Waals surface area contributed by atoms with Gasteiger partial charge in [-0.2, -0.15) is 0 Å². The zero-order valence-electron chi connectivity index (χ0n) is 9.10. The van der Waals surface area contributed by atoms with E-state index in [1.54, 1.807) is 0 Å². The normalized spacial score (nSPS) is 18.9. The van der Waals surface area contributed by atoms with E-state index in [-0.39, 0.29) is 5.92 Å². The van der Waals surface area contributed by atoms with Gasteiger partial charge >= 0.3 is 5.97 Å². The number of nitrogens with zero attached hydrogens (tertiary/aromatic N) is 1. The van der Waals surface area contributed by atoms with Crippen molar-refractivity contribution in [1.82, 2.24) is 4.57 Å². The van der Waals surface area contributed by atoms with Crippen LogP contribution in [0.5, 0.6) is 0 Å². The van der Waals surface area contributed by atoms with Crippen LogP contribution in [0.15, 0.2) is 24.4 Å². The Hall–Kier alpha value is -1.77. The van der Waals surface area contributed by atoms with Crippen molar-refractivity contribution in [1.29, 1.82) is 0 Å². The second-order valence-corrected chi connectivity index (χ2v) is 4.44. The van der Waals surface area contributed by atoms with Crippen molar-refractivity contribution in [2.75, 3.05) is 0 Å². The summed E-state index contributed by atoms with van der Waals surface area (Å²) in [5.74, 6) is -1.04. The minimum atomic E-state index is -0.706. The molecular formula is C13H13NO2. The fourth-order valence-electron chi connectivity index (χ4n) is 2.74. The molecule has 3 rings (SSSR count). The van der Waals surface area contributed by atoms with E-state index in [1.807, 2.05) is 29.9 Å². The molecular weight excluding hydrogens is 202 g/mol. The van der Waals surface area contributed by atoms with Gasteiger partial charge in [-0.25, -0.2) is 0 Å². The number of aryl methyl sites for hydroxylation is 2. The van der Waals surface area contributed by atoms with Gasteiger partial charge in [0, 0.05) is 24.1 Å². The molecule has 0 bridgehead atoms. The predicted octanol–water partition coefficient (Wildman–Crippen LogP) is 2.29. The Morgan fingerprint density at radius 1 is 1.50 bits per heavy atom. The zero-order valence-corrected chi connectivity index (χ0v) is 9.10. The molecule has 16 heavy (non-hydrogen) atoms. The second-order valence-electron chi connectivity index (χ2n) is 4.44. The Labute approximate surface area is 93.3 Å². The monoisotopic (exact) mass is 215 g/mol. The van der Waals surface area contributed by atoms with E-state index in [4.69, 9.17) is 0 Å². The summed E-state index contributed by atoms with van der Waals surface area (Å²) in [5.41, 5.74) is 3.40. The van der Waals surface area contributed by atoms with Gasteiger partial charge in [0.2, 0.25) is 0 Å². The fourth-order valence-corrected chi connectivity index (χ4v) is 2.74. The van der Waals surface area contributed by atoms with Crippen molar-refractivity contribution in [2.45, 2.75) is 18.8 Å². The molecule has 1 aromatic heterocycles. The Morgan fingerprint density at radius 2 is 2.31 bits per heavy atom. The highest BCUT2D eigenvalue weighted by Crippen LogP contribution is 2.37. The predicted molar refractivity (Wildman–Crippen MR) is 61.6 cm³/mol. The third-order valence-corrected chi connectivity index (χ3v) is 3.51. The zero-order chi connectivity index (χ0) is 11.3. The smallest absolute Gasteiger partial charge is 0.311 e. The highest BCUT2D eigenvalue weighted by molar-refractivity contribution is 5.93. The minimum absolute atomic E-state index is 0.335. The molecule has 3 heteroatoms. The SMILES string of the molecule is Cn1cc2c3c(cccc31)CCC2C(=O)O. The van der Waals surface area contributed by atoms with Crippen molar-refractivity contribution >= 4 is 16.9 Å². The molecule has 1 atom stereocenters. The van der Waals surface area contributed by atoms with E-state index >= 15 is 0 Å². The van der Waals surface area contributed by atoms with Crippen molar-refractivity contribution in [3.63, 3.8) is 0 Å². The van der Waals surface area contributed by atoms with Gasteiger partial charge in [-0.3, -0.25) is 4.79 Å². The van der Waals surface area contributed by atoms with Crippen LogP contribution < -0.4 is 0 Å². The molecule has 82 valence electrons. The van der Waals surface area contributed by atoms with Crippen molar-refractivity contribution in [3.8, 4) is 0 Å². The van der Waals surface area contributed by atoms with Gasteiger partial charge in [-0.05, 0) is 30.0 Å². The number of benzene rings is 1. The van der Waals surface area contributed by atoms with Crippen molar-refractivity contribution in [3.05, 3.63) is 35.5 Å². The number of carboxylic acid groups (broad SMARTS) is 1. The second kappa shape index (κ2) is 3.11. The lowest BCUT2D eigenvalue weighted by Crippen LogP contribution is -2.15. The van der Waals surface area contributed by atoms with E-state index in [9.17, 15) is 9.90 Å². The lowest BCUT2D eigenvalue weighted by Gasteiger charge is -2.18. The Morgan fingerprint density at radius 3 is 3.06 bits per heavy atom. The average molecular weight is 215 g/mol. The van der Waals surface area contributed by atoms with Gasteiger partial charge in [0.1, 0.15) is 0 Å². The highest BCUT2D eigenvalue weighted by Gasteiger charge is 2.28. The van der Waals surface area contributed by atoms with Crippen LogP contribution >= 0.6 is 0 Å². The number of aliphatic carboxylic acids is 1. The van der Waals surface area contributed by atoms with Crippen LogP contribution in [0.3, 0.4) is 0 Å². The van der Waals surface area contributed by atoms with Gasteiger partial charge in [-0.1, -0.05) is 12.1 Å². The van der Waals surface area contributed by atoms with Gasteiger partial charge < -0.3 is 9.67 Å². The van der Waals surface area contributed by atoms with E-state index in [1.165, 1.54) is 5.56 Å². The van der Waals surface area contributed by atoms with Crippen LogP contribution in [0, 0.1) is 0 Å². The summed E-state index contributed by atoms with van der Waals surface area (Å²) in [6, 6.07) is 6.19. The van der Waals surface area contributed by atoms with Gasteiger partial charge in [-0.15, -0.1) is 0 Å². The summed E-state index contributed by atoms with van der Waals surface area (Å²) in [5, 5.41) is 10.4.